The SMILES string of the molecule is Cl.O=C(c1cc(-c2ccco2)on1)N1C[C@H]2CNC[C@H]2C1. The van der Waals surface area contributed by atoms with Crippen molar-refractivity contribution in [2.45, 2.75) is 0 Å². The van der Waals surface area contributed by atoms with Crippen LogP contribution in [-0.4, -0.2) is 42.1 Å². The van der Waals surface area contributed by atoms with E-state index in [2.05, 4.69) is 10.5 Å². The van der Waals surface area contributed by atoms with E-state index in [9.17, 15) is 4.79 Å². The number of halogens is 1. The minimum absolute atomic E-state index is 0. The van der Waals surface area contributed by atoms with Gasteiger partial charge in [-0.1, -0.05) is 5.16 Å². The van der Waals surface area contributed by atoms with Gasteiger partial charge in [0.15, 0.2) is 11.5 Å². The van der Waals surface area contributed by atoms with Crippen LogP contribution < -0.4 is 5.32 Å². The van der Waals surface area contributed by atoms with E-state index in [-0.39, 0.29) is 18.3 Å². The normalized spacial score (nSPS) is 23.9. The zero-order valence-corrected chi connectivity index (χ0v) is 12.1. The van der Waals surface area contributed by atoms with Crippen molar-refractivity contribution in [1.82, 2.24) is 15.4 Å². The molecule has 2 aliphatic rings. The molecule has 1 N–H and O–H groups in total. The Labute approximate surface area is 127 Å². The van der Waals surface area contributed by atoms with E-state index in [1.165, 1.54) is 0 Å². The number of furan rings is 1. The molecule has 2 aromatic heterocycles. The van der Waals surface area contributed by atoms with Gasteiger partial charge in [0, 0.05) is 32.2 Å². The highest BCUT2D eigenvalue weighted by molar-refractivity contribution is 5.93. The lowest BCUT2D eigenvalue weighted by atomic mass is 10.0. The summed E-state index contributed by atoms with van der Waals surface area (Å²) in [5.41, 5.74) is 0.351. The molecule has 2 atom stereocenters. The number of nitrogens with zero attached hydrogens (tertiary/aromatic N) is 2. The van der Waals surface area contributed by atoms with Crippen LogP contribution in [0.3, 0.4) is 0 Å². The van der Waals surface area contributed by atoms with E-state index in [0.29, 0.717) is 29.1 Å². The molecule has 112 valence electrons. The number of hydrogen-bond donors (Lipinski definition) is 1. The molecule has 0 saturated carbocycles. The van der Waals surface area contributed by atoms with Crippen LogP contribution in [0.2, 0.25) is 0 Å². The molecule has 0 aromatic carbocycles. The molecule has 7 heteroatoms. The summed E-state index contributed by atoms with van der Waals surface area (Å²) < 4.78 is 10.4. The van der Waals surface area contributed by atoms with Crippen LogP contribution in [0.4, 0.5) is 0 Å². The van der Waals surface area contributed by atoms with Crippen LogP contribution >= 0.6 is 12.4 Å². The number of nitrogens with one attached hydrogen (secondary N) is 1. The van der Waals surface area contributed by atoms with Crippen LogP contribution in [0.5, 0.6) is 0 Å². The highest BCUT2D eigenvalue weighted by Crippen LogP contribution is 2.28. The van der Waals surface area contributed by atoms with Crippen LogP contribution in [0.15, 0.2) is 33.4 Å². The molecule has 0 unspecified atom stereocenters. The zero-order chi connectivity index (χ0) is 13.5. The van der Waals surface area contributed by atoms with E-state index in [0.717, 1.165) is 26.2 Å². The maximum Gasteiger partial charge on any atom is 0.276 e. The van der Waals surface area contributed by atoms with Crippen LogP contribution in [0.25, 0.3) is 11.5 Å². The molecular weight excluding hydrogens is 294 g/mol. The molecule has 0 bridgehead atoms. The van der Waals surface area contributed by atoms with Gasteiger partial charge in [-0.05, 0) is 24.0 Å². The predicted molar refractivity (Wildman–Crippen MR) is 77.2 cm³/mol. The van der Waals surface area contributed by atoms with E-state index in [1.807, 2.05) is 4.90 Å². The Morgan fingerprint density at radius 1 is 1.29 bits per heavy atom. The van der Waals surface area contributed by atoms with Gasteiger partial charge < -0.3 is 19.2 Å². The lowest BCUT2D eigenvalue weighted by Gasteiger charge is -2.15. The average molecular weight is 310 g/mol. The number of aromatic nitrogens is 1. The van der Waals surface area contributed by atoms with Gasteiger partial charge in [-0.3, -0.25) is 4.79 Å². The highest BCUT2D eigenvalue weighted by atomic mass is 35.5. The Morgan fingerprint density at radius 2 is 2.05 bits per heavy atom. The van der Waals surface area contributed by atoms with Crippen LogP contribution in [-0.2, 0) is 0 Å². The second-order valence-electron chi connectivity index (χ2n) is 5.44. The zero-order valence-electron chi connectivity index (χ0n) is 11.3. The van der Waals surface area contributed by atoms with Crippen molar-refractivity contribution in [3.63, 3.8) is 0 Å². The predicted octanol–water partition coefficient (Wildman–Crippen LogP) is 1.65. The maximum atomic E-state index is 12.4. The fourth-order valence-electron chi connectivity index (χ4n) is 3.09. The largest absolute Gasteiger partial charge is 0.461 e. The highest BCUT2D eigenvalue weighted by Gasteiger charge is 2.39. The summed E-state index contributed by atoms with van der Waals surface area (Å²) in [5, 5.41) is 7.23. The molecule has 2 aliphatic heterocycles. The summed E-state index contributed by atoms with van der Waals surface area (Å²) in [5.74, 6) is 2.17. The molecule has 2 aromatic rings. The third kappa shape index (κ3) is 2.45. The van der Waals surface area contributed by atoms with Crippen molar-refractivity contribution in [2.75, 3.05) is 26.2 Å². The third-order valence-corrected chi connectivity index (χ3v) is 4.17. The topological polar surface area (TPSA) is 71.5 Å². The molecule has 0 spiro atoms. The molecule has 2 fully saturated rings. The quantitative estimate of drug-likeness (QED) is 0.913. The van der Waals surface area contributed by atoms with Crippen molar-refractivity contribution >= 4 is 18.3 Å². The van der Waals surface area contributed by atoms with E-state index in [4.69, 9.17) is 8.94 Å². The molecule has 2 saturated heterocycles. The van der Waals surface area contributed by atoms with Gasteiger partial charge in [-0.2, -0.15) is 0 Å². The van der Waals surface area contributed by atoms with Gasteiger partial charge >= 0.3 is 0 Å². The van der Waals surface area contributed by atoms with Gasteiger partial charge in [-0.25, -0.2) is 0 Å². The van der Waals surface area contributed by atoms with E-state index < -0.39 is 0 Å². The van der Waals surface area contributed by atoms with Crippen LogP contribution in [0.1, 0.15) is 10.5 Å². The lowest BCUT2D eigenvalue weighted by molar-refractivity contribution is 0.0771. The Kier molecular flexibility index (Phi) is 3.73. The number of likely N-dealkylation sites (tertiary alicyclic amines) is 1. The first kappa shape index (κ1) is 14.2. The third-order valence-electron chi connectivity index (χ3n) is 4.17. The van der Waals surface area contributed by atoms with Gasteiger partial charge in [0.2, 0.25) is 5.76 Å². The standard InChI is InChI=1S/C14H15N3O3.ClH/c18-14(17-7-9-5-15-6-10(9)8-17)11-4-13(20-16-11)12-2-1-3-19-12;/h1-4,9-10,15H,5-8H2;1H/t9-,10+;. The van der Waals surface area contributed by atoms with Gasteiger partial charge in [0.1, 0.15) is 0 Å². The number of carbonyl (C=O) groups excluding carboxylic acids is 1. The minimum atomic E-state index is -0.0547. The number of carbonyl (C=O) groups is 1. The number of rotatable bonds is 2. The van der Waals surface area contributed by atoms with Gasteiger partial charge in [-0.15, -0.1) is 12.4 Å². The summed E-state index contributed by atoms with van der Waals surface area (Å²) in [6, 6.07) is 5.20. The Morgan fingerprint density at radius 3 is 2.71 bits per heavy atom. The molecule has 6 nitrogen and oxygen atoms in total. The molecule has 1 amide bonds. The molecule has 0 radical (unpaired) electrons. The van der Waals surface area contributed by atoms with Gasteiger partial charge in [0.25, 0.3) is 5.91 Å². The smallest absolute Gasteiger partial charge is 0.276 e. The summed E-state index contributed by atoms with van der Waals surface area (Å²) in [7, 11) is 0. The number of amides is 1. The molecular formula is C14H16ClN3O3. The average Bonchev–Trinajstić information content (AvgIpc) is 3.19. The second-order valence-corrected chi connectivity index (χ2v) is 5.44. The van der Waals surface area contributed by atoms with Crippen molar-refractivity contribution in [3.8, 4) is 11.5 Å². The molecule has 0 aliphatic carbocycles. The number of fused-ring (bicyclic) bond motifs is 1. The van der Waals surface area contributed by atoms with Crippen molar-refractivity contribution in [2.24, 2.45) is 11.8 Å². The first-order chi connectivity index (χ1) is 9.81. The fraction of sp³-hybridized carbons (Fsp3) is 0.429. The Hall–Kier alpha value is -1.79. The fourth-order valence-corrected chi connectivity index (χ4v) is 3.09. The summed E-state index contributed by atoms with van der Waals surface area (Å²) >= 11 is 0. The van der Waals surface area contributed by atoms with Crippen molar-refractivity contribution in [1.29, 1.82) is 0 Å². The van der Waals surface area contributed by atoms with Gasteiger partial charge in [0.05, 0.1) is 6.26 Å². The second kappa shape index (κ2) is 5.54. The minimum Gasteiger partial charge on any atom is -0.461 e. The first-order valence-electron chi connectivity index (χ1n) is 6.82. The number of hydrogen-bond acceptors (Lipinski definition) is 5. The Balaban J connectivity index is 0.00000132. The maximum absolute atomic E-state index is 12.4. The lowest BCUT2D eigenvalue weighted by Crippen LogP contribution is -2.32. The van der Waals surface area contributed by atoms with E-state index in [1.54, 1.807) is 24.5 Å². The monoisotopic (exact) mass is 309 g/mol. The summed E-state index contributed by atoms with van der Waals surface area (Å²) in [4.78, 5) is 14.3. The summed E-state index contributed by atoms with van der Waals surface area (Å²) in [6.07, 6.45) is 1.56. The summed E-state index contributed by atoms with van der Waals surface area (Å²) in [6.45, 7) is 3.62. The first-order valence-corrected chi connectivity index (χ1v) is 6.82. The van der Waals surface area contributed by atoms with Crippen molar-refractivity contribution in [3.05, 3.63) is 30.2 Å². The van der Waals surface area contributed by atoms with E-state index >= 15 is 0 Å². The molecule has 4 rings (SSSR count). The molecule has 4 heterocycles. The molecule has 21 heavy (non-hydrogen) atoms. The van der Waals surface area contributed by atoms with Crippen molar-refractivity contribution < 1.29 is 13.7 Å². The Bertz CT molecular complexity index is 613. The van der Waals surface area contributed by atoms with Crippen LogP contribution in [0, 0.1) is 11.8 Å².